The molecule has 3 N–H and O–H groups in total. The molecule has 0 aliphatic rings. The molecule has 0 radical (unpaired) electrons. The molecule has 0 saturated heterocycles. The van der Waals surface area contributed by atoms with Crippen molar-refractivity contribution >= 4 is 11.8 Å². The number of likely N-dealkylation sites (N-methyl/N-ethyl adjacent to an activating group) is 1. The summed E-state index contributed by atoms with van der Waals surface area (Å²) in [5.74, 6) is 1.00. The predicted octanol–water partition coefficient (Wildman–Crippen LogP) is 0.0489. The number of hydrogen-bond donors (Lipinski definition) is 2. The van der Waals surface area contributed by atoms with E-state index in [1.165, 1.54) is 0 Å². The molecule has 6 nitrogen and oxygen atoms in total. The molecule has 0 amide bonds. The highest BCUT2D eigenvalue weighted by Gasteiger charge is 1.95. The summed E-state index contributed by atoms with van der Waals surface area (Å²) in [6, 6.07) is 1.65. The Hall–Kier alpha value is -1.40. The van der Waals surface area contributed by atoms with Crippen LogP contribution in [-0.4, -0.2) is 55.3 Å². The molecule has 0 bridgehead atoms. The Morgan fingerprint density at radius 3 is 2.94 bits per heavy atom. The first-order valence-corrected chi connectivity index (χ1v) is 5.23. The van der Waals surface area contributed by atoms with E-state index in [1.807, 2.05) is 14.1 Å². The quantitative estimate of drug-likeness (QED) is 0.639. The number of nitrogens with zero attached hydrogens (tertiary/aromatic N) is 3. The Labute approximate surface area is 95.8 Å². The van der Waals surface area contributed by atoms with E-state index in [1.54, 1.807) is 12.3 Å². The highest BCUT2D eigenvalue weighted by Crippen LogP contribution is 1.99. The van der Waals surface area contributed by atoms with Gasteiger partial charge in [0.25, 0.3) is 0 Å². The molecular weight excluding hydrogens is 206 g/mol. The Balaban J connectivity index is 2.07. The fourth-order valence-corrected chi connectivity index (χ4v) is 1.04. The van der Waals surface area contributed by atoms with Crippen molar-refractivity contribution in [3.8, 4) is 0 Å². The molecule has 6 heteroatoms. The first-order valence-electron chi connectivity index (χ1n) is 5.23. The maximum atomic E-state index is 5.52. The SMILES string of the molecule is CN(C)CCOCCNc1nccc(N)n1. The number of rotatable bonds is 7. The van der Waals surface area contributed by atoms with Gasteiger partial charge in [-0.05, 0) is 20.2 Å². The van der Waals surface area contributed by atoms with Gasteiger partial charge in [-0.15, -0.1) is 0 Å². The second kappa shape index (κ2) is 6.97. The molecule has 1 aromatic heterocycles. The van der Waals surface area contributed by atoms with Crippen LogP contribution in [0.2, 0.25) is 0 Å². The fraction of sp³-hybridized carbons (Fsp3) is 0.600. The highest BCUT2D eigenvalue weighted by molar-refractivity contribution is 5.34. The number of hydrogen-bond acceptors (Lipinski definition) is 6. The maximum absolute atomic E-state index is 5.52. The van der Waals surface area contributed by atoms with Gasteiger partial charge >= 0.3 is 0 Å². The molecule has 1 heterocycles. The van der Waals surface area contributed by atoms with Crippen LogP contribution in [0.3, 0.4) is 0 Å². The minimum absolute atomic E-state index is 0.464. The molecule has 0 unspecified atom stereocenters. The van der Waals surface area contributed by atoms with Crippen LogP contribution in [-0.2, 0) is 4.74 Å². The lowest BCUT2D eigenvalue weighted by Crippen LogP contribution is -2.20. The van der Waals surface area contributed by atoms with Gasteiger partial charge in [-0.25, -0.2) is 4.98 Å². The molecule has 90 valence electrons. The Bertz CT molecular complexity index is 305. The second-order valence-corrected chi connectivity index (χ2v) is 3.65. The van der Waals surface area contributed by atoms with Crippen LogP contribution < -0.4 is 11.1 Å². The molecule has 1 rings (SSSR count). The average Bonchev–Trinajstić information content (AvgIpc) is 2.23. The molecule has 0 aromatic carbocycles. The zero-order valence-electron chi connectivity index (χ0n) is 9.81. The topological polar surface area (TPSA) is 76.3 Å². The minimum Gasteiger partial charge on any atom is -0.384 e. The van der Waals surface area contributed by atoms with Crippen LogP contribution in [0.1, 0.15) is 0 Å². The van der Waals surface area contributed by atoms with Crippen LogP contribution in [0.15, 0.2) is 12.3 Å². The number of nitrogens with two attached hydrogens (primary N) is 1. The van der Waals surface area contributed by atoms with Crippen molar-refractivity contribution in [1.29, 1.82) is 0 Å². The lowest BCUT2D eigenvalue weighted by Gasteiger charge is -2.10. The van der Waals surface area contributed by atoms with Crippen molar-refractivity contribution in [2.75, 3.05) is 51.4 Å². The van der Waals surface area contributed by atoms with E-state index < -0.39 is 0 Å². The number of anilines is 2. The van der Waals surface area contributed by atoms with Gasteiger partial charge < -0.3 is 20.7 Å². The van der Waals surface area contributed by atoms with Crippen molar-refractivity contribution in [3.63, 3.8) is 0 Å². The number of nitrogens with one attached hydrogen (secondary N) is 1. The minimum atomic E-state index is 0.464. The van der Waals surface area contributed by atoms with E-state index >= 15 is 0 Å². The van der Waals surface area contributed by atoms with Crippen LogP contribution in [0.25, 0.3) is 0 Å². The van der Waals surface area contributed by atoms with E-state index in [4.69, 9.17) is 10.5 Å². The van der Waals surface area contributed by atoms with E-state index in [2.05, 4.69) is 20.2 Å². The van der Waals surface area contributed by atoms with Crippen molar-refractivity contribution < 1.29 is 4.74 Å². The lowest BCUT2D eigenvalue weighted by molar-refractivity contribution is 0.126. The molecule has 16 heavy (non-hydrogen) atoms. The summed E-state index contributed by atoms with van der Waals surface area (Å²) in [7, 11) is 4.03. The summed E-state index contributed by atoms with van der Waals surface area (Å²) in [6.45, 7) is 2.96. The van der Waals surface area contributed by atoms with Crippen LogP contribution in [0.5, 0.6) is 0 Å². The molecular formula is C10H19N5O. The van der Waals surface area contributed by atoms with Crippen molar-refractivity contribution in [2.45, 2.75) is 0 Å². The maximum Gasteiger partial charge on any atom is 0.224 e. The highest BCUT2D eigenvalue weighted by atomic mass is 16.5. The van der Waals surface area contributed by atoms with Gasteiger partial charge in [0, 0.05) is 19.3 Å². The molecule has 1 aromatic rings. The predicted molar refractivity (Wildman–Crippen MR) is 64.3 cm³/mol. The number of nitrogen functional groups attached to an aromatic ring is 1. The molecule has 0 spiro atoms. The van der Waals surface area contributed by atoms with Crippen LogP contribution in [0, 0.1) is 0 Å². The monoisotopic (exact) mass is 225 g/mol. The van der Waals surface area contributed by atoms with Gasteiger partial charge in [-0.1, -0.05) is 0 Å². The molecule has 0 atom stereocenters. The van der Waals surface area contributed by atoms with Gasteiger partial charge in [-0.2, -0.15) is 4.98 Å². The van der Waals surface area contributed by atoms with Crippen molar-refractivity contribution in [3.05, 3.63) is 12.3 Å². The third-order valence-electron chi connectivity index (χ3n) is 1.89. The number of ether oxygens (including phenoxy) is 1. The zero-order valence-corrected chi connectivity index (χ0v) is 9.81. The van der Waals surface area contributed by atoms with Crippen LogP contribution >= 0.6 is 0 Å². The Morgan fingerprint density at radius 1 is 1.44 bits per heavy atom. The van der Waals surface area contributed by atoms with Gasteiger partial charge in [0.15, 0.2) is 0 Å². The summed E-state index contributed by atoms with van der Waals surface area (Å²) < 4.78 is 5.41. The van der Waals surface area contributed by atoms with Gasteiger partial charge in [0.1, 0.15) is 5.82 Å². The van der Waals surface area contributed by atoms with E-state index in [0.717, 1.165) is 13.2 Å². The first kappa shape index (κ1) is 12.7. The molecule has 0 aliphatic carbocycles. The van der Waals surface area contributed by atoms with Gasteiger partial charge in [-0.3, -0.25) is 0 Å². The molecule has 0 aliphatic heterocycles. The summed E-state index contributed by atoms with van der Waals surface area (Å²) >= 11 is 0. The van der Waals surface area contributed by atoms with Crippen molar-refractivity contribution in [1.82, 2.24) is 14.9 Å². The van der Waals surface area contributed by atoms with Gasteiger partial charge in [0.05, 0.1) is 13.2 Å². The van der Waals surface area contributed by atoms with Crippen LogP contribution in [0.4, 0.5) is 11.8 Å². The smallest absolute Gasteiger partial charge is 0.224 e. The standard InChI is InChI=1S/C10H19N5O/c1-15(2)6-8-16-7-5-13-10-12-4-3-9(11)14-10/h3-4H,5-8H2,1-2H3,(H3,11,12,13,14). The fourth-order valence-electron chi connectivity index (χ4n) is 1.04. The molecule has 0 saturated carbocycles. The van der Waals surface area contributed by atoms with Gasteiger partial charge in [0.2, 0.25) is 5.95 Å². The Kier molecular flexibility index (Phi) is 5.52. The van der Waals surface area contributed by atoms with E-state index in [9.17, 15) is 0 Å². The zero-order chi connectivity index (χ0) is 11.8. The largest absolute Gasteiger partial charge is 0.384 e. The first-order chi connectivity index (χ1) is 7.68. The van der Waals surface area contributed by atoms with Crippen molar-refractivity contribution in [2.24, 2.45) is 0 Å². The Morgan fingerprint density at radius 2 is 2.25 bits per heavy atom. The number of aromatic nitrogens is 2. The second-order valence-electron chi connectivity index (χ2n) is 3.65. The third kappa shape index (κ3) is 5.47. The summed E-state index contributed by atoms with van der Waals surface area (Å²) in [5.41, 5.74) is 5.52. The van der Waals surface area contributed by atoms with E-state index in [0.29, 0.717) is 24.9 Å². The van der Waals surface area contributed by atoms with E-state index in [-0.39, 0.29) is 0 Å². The lowest BCUT2D eigenvalue weighted by atomic mass is 10.6. The molecule has 0 fully saturated rings. The summed E-state index contributed by atoms with van der Waals surface area (Å²) in [4.78, 5) is 10.1. The summed E-state index contributed by atoms with van der Waals surface area (Å²) in [6.07, 6.45) is 1.62. The summed E-state index contributed by atoms with van der Waals surface area (Å²) in [5, 5.41) is 3.03. The normalized spacial score (nSPS) is 10.7. The third-order valence-corrected chi connectivity index (χ3v) is 1.89. The average molecular weight is 225 g/mol.